The molecule has 0 bridgehead atoms. The number of rotatable bonds is 7. The van der Waals surface area contributed by atoms with Crippen LogP contribution in [0.25, 0.3) is 0 Å². The van der Waals surface area contributed by atoms with Crippen molar-refractivity contribution < 1.29 is 36.2 Å². The second-order valence-corrected chi connectivity index (χ2v) is 6.22. The Hall–Kier alpha value is -1.95. The summed E-state index contributed by atoms with van der Waals surface area (Å²) in [4.78, 5) is 23.0. The van der Waals surface area contributed by atoms with Crippen LogP contribution in [-0.4, -0.2) is 62.7 Å². The Morgan fingerprint density at radius 2 is 1.73 bits per heavy atom. The van der Waals surface area contributed by atoms with Gasteiger partial charge in [0.2, 0.25) is 5.91 Å². The predicted molar refractivity (Wildman–Crippen MR) is 96.6 cm³/mol. The highest BCUT2D eigenvalue weighted by Crippen LogP contribution is 2.37. The minimum absolute atomic E-state index is 0. The van der Waals surface area contributed by atoms with Crippen molar-refractivity contribution in [1.82, 2.24) is 10.6 Å². The van der Waals surface area contributed by atoms with Crippen molar-refractivity contribution in [2.45, 2.75) is 58.2 Å². The van der Waals surface area contributed by atoms with E-state index in [1.54, 1.807) is 0 Å². The number of carboxylic acid groups (broad SMARTS) is 1. The van der Waals surface area contributed by atoms with Crippen LogP contribution in [0.15, 0.2) is 0 Å². The fourth-order valence-electron chi connectivity index (χ4n) is 3.70. The van der Waals surface area contributed by atoms with E-state index in [2.05, 4.69) is 10.6 Å². The highest BCUT2D eigenvalue weighted by atomic mass is 16.4. The third kappa shape index (κ3) is 6.75. The van der Waals surface area contributed by atoms with E-state index in [-0.39, 0.29) is 46.7 Å². The first-order chi connectivity index (χ1) is 10.7. The van der Waals surface area contributed by atoms with Crippen LogP contribution in [-0.2, 0) is 9.59 Å². The molecule has 1 aliphatic rings. The van der Waals surface area contributed by atoms with Crippen molar-refractivity contribution in [2.24, 2.45) is 23.5 Å². The fourth-order valence-corrected chi connectivity index (χ4v) is 3.70. The van der Waals surface area contributed by atoms with Crippen LogP contribution in [0.2, 0.25) is 0 Å². The maximum Gasteiger partial charge on any atom is 0.309 e. The van der Waals surface area contributed by atoms with E-state index in [0.29, 0.717) is 0 Å². The highest BCUT2D eigenvalue weighted by molar-refractivity contribution is 5.76. The number of nitrogens with one attached hydrogen (secondary N) is 3. The van der Waals surface area contributed by atoms with Crippen LogP contribution in [0.1, 0.15) is 40.0 Å². The lowest BCUT2D eigenvalue weighted by molar-refractivity contribution is -0.145. The summed E-state index contributed by atoms with van der Waals surface area (Å²) in [5, 5.41) is 32.9. The minimum Gasteiger partial charge on any atom is -0.481 e. The Labute approximate surface area is 152 Å². The van der Waals surface area contributed by atoms with Gasteiger partial charge in [0.25, 0.3) is 0 Å². The normalized spacial score (nSPS) is 25.1. The van der Waals surface area contributed by atoms with E-state index in [9.17, 15) is 19.8 Å². The van der Waals surface area contributed by atoms with Crippen molar-refractivity contribution in [1.29, 1.82) is 5.41 Å². The van der Waals surface area contributed by atoms with E-state index in [1.807, 2.05) is 13.8 Å². The van der Waals surface area contributed by atoms with Crippen molar-refractivity contribution in [2.75, 3.05) is 0 Å². The second kappa shape index (κ2) is 12.4. The van der Waals surface area contributed by atoms with Gasteiger partial charge in [-0.1, -0.05) is 26.7 Å². The Bertz CT molecular complexity index is 459. The third-order valence-corrected chi connectivity index (χ3v) is 4.78. The Kier molecular flexibility index (Phi) is 13.8. The standard InChI is InChI=1S/C15H28N4O4.3H2O/c1-4-8(5-2)12(18-7(3)20)11-10(19-15(16)17)6-9(13(11)21)14(22)23;;;/h8-13,21H,4-6H2,1-3H3,(H,18,20)(H,22,23)(H4,16,17,19);3*1H2/t9-,10+,11-,12-,13+;;;/m0.../s1. The maximum absolute atomic E-state index is 11.6. The Morgan fingerprint density at radius 3 is 2.08 bits per heavy atom. The summed E-state index contributed by atoms with van der Waals surface area (Å²) >= 11 is 0. The van der Waals surface area contributed by atoms with Crippen LogP contribution in [0.4, 0.5) is 0 Å². The topological polar surface area (TPSA) is 243 Å². The number of aliphatic hydroxyl groups is 1. The lowest BCUT2D eigenvalue weighted by Gasteiger charge is -2.36. The number of guanidine groups is 1. The van der Waals surface area contributed by atoms with Crippen molar-refractivity contribution in [3.05, 3.63) is 0 Å². The zero-order valence-corrected chi connectivity index (χ0v) is 15.4. The molecule has 1 aliphatic carbocycles. The van der Waals surface area contributed by atoms with Gasteiger partial charge in [-0.3, -0.25) is 15.0 Å². The molecule has 0 radical (unpaired) electrons. The lowest BCUT2D eigenvalue weighted by Crippen LogP contribution is -2.54. The number of nitrogens with two attached hydrogens (primary N) is 1. The van der Waals surface area contributed by atoms with Crippen LogP contribution in [0, 0.1) is 23.2 Å². The number of hydrogen-bond donors (Lipinski definition) is 6. The molecule has 1 amide bonds. The second-order valence-electron chi connectivity index (χ2n) is 6.22. The zero-order valence-electron chi connectivity index (χ0n) is 15.4. The summed E-state index contributed by atoms with van der Waals surface area (Å²) in [6.45, 7) is 5.39. The van der Waals surface area contributed by atoms with Gasteiger partial charge >= 0.3 is 5.97 Å². The molecule has 1 saturated carbocycles. The zero-order chi connectivity index (χ0) is 17.7. The number of amides is 1. The number of aliphatic hydroxyl groups excluding tert-OH is 1. The fraction of sp³-hybridized carbons (Fsp3) is 0.800. The van der Waals surface area contributed by atoms with Gasteiger partial charge in [-0.25, -0.2) is 0 Å². The van der Waals surface area contributed by atoms with Gasteiger partial charge in [-0.15, -0.1) is 0 Å². The first-order valence-corrected chi connectivity index (χ1v) is 8.01. The quantitative estimate of drug-likeness (QED) is 0.203. The number of hydrogen-bond acceptors (Lipinski definition) is 4. The van der Waals surface area contributed by atoms with Gasteiger partial charge in [0.05, 0.1) is 12.0 Å². The predicted octanol–water partition coefficient (Wildman–Crippen LogP) is -2.61. The largest absolute Gasteiger partial charge is 0.481 e. The van der Waals surface area contributed by atoms with Gasteiger partial charge in [0.1, 0.15) is 0 Å². The summed E-state index contributed by atoms with van der Waals surface area (Å²) in [7, 11) is 0. The molecule has 0 saturated heterocycles. The molecule has 0 aliphatic heterocycles. The van der Waals surface area contributed by atoms with E-state index in [4.69, 9.17) is 11.1 Å². The molecule has 11 nitrogen and oxygen atoms in total. The molecule has 11 heteroatoms. The molecule has 0 aromatic heterocycles. The summed E-state index contributed by atoms with van der Waals surface area (Å²) in [5.41, 5.74) is 5.40. The van der Waals surface area contributed by atoms with Crippen LogP contribution >= 0.6 is 0 Å². The molecule has 26 heavy (non-hydrogen) atoms. The molecule has 156 valence electrons. The van der Waals surface area contributed by atoms with E-state index in [0.717, 1.165) is 12.8 Å². The molecule has 1 rings (SSSR count). The lowest BCUT2D eigenvalue weighted by atomic mass is 9.80. The molecule has 0 spiro atoms. The molecular formula is C15H34N4O7. The molecular weight excluding hydrogens is 348 g/mol. The molecule has 0 unspecified atom stereocenters. The summed E-state index contributed by atoms with van der Waals surface area (Å²) in [5.74, 6) is -2.95. The molecule has 0 aromatic rings. The number of carbonyl (C=O) groups excluding carboxylic acids is 1. The third-order valence-electron chi connectivity index (χ3n) is 4.78. The summed E-state index contributed by atoms with van der Waals surface area (Å²) in [6, 6.07) is -0.847. The number of carbonyl (C=O) groups is 2. The maximum atomic E-state index is 11.6. The smallest absolute Gasteiger partial charge is 0.309 e. The molecule has 0 aromatic carbocycles. The van der Waals surface area contributed by atoms with Gasteiger partial charge in [-0.05, 0) is 12.3 Å². The molecule has 13 N–H and O–H groups in total. The van der Waals surface area contributed by atoms with Crippen LogP contribution in [0.3, 0.4) is 0 Å². The van der Waals surface area contributed by atoms with Gasteiger partial charge in [-0.2, -0.15) is 0 Å². The van der Waals surface area contributed by atoms with E-state index in [1.165, 1.54) is 6.92 Å². The monoisotopic (exact) mass is 382 g/mol. The Morgan fingerprint density at radius 1 is 1.23 bits per heavy atom. The van der Waals surface area contributed by atoms with Crippen molar-refractivity contribution >= 4 is 17.8 Å². The average Bonchev–Trinajstić information content (AvgIpc) is 2.74. The summed E-state index contributed by atoms with van der Waals surface area (Å²) in [6.07, 6.45) is 0.628. The van der Waals surface area contributed by atoms with Crippen LogP contribution < -0.4 is 16.4 Å². The van der Waals surface area contributed by atoms with E-state index < -0.39 is 30.0 Å². The van der Waals surface area contributed by atoms with E-state index >= 15 is 0 Å². The Balaban J connectivity index is -0.00000176. The average molecular weight is 382 g/mol. The molecule has 1 fully saturated rings. The van der Waals surface area contributed by atoms with Crippen molar-refractivity contribution in [3.8, 4) is 0 Å². The SMILES string of the molecule is CCC(CC)[C@H](NC(C)=O)[C@H]1[C@H](O)[C@@H](C(=O)O)C[C@H]1NC(=N)N.O.O.O. The number of carboxylic acids is 1. The van der Waals surface area contributed by atoms with Gasteiger partial charge in [0, 0.05) is 24.9 Å². The highest BCUT2D eigenvalue weighted by Gasteiger charge is 2.50. The summed E-state index contributed by atoms with van der Waals surface area (Å²) < 4.78 is 0. The number of aliphatic carboxylic acids is 1. The van der Waals surface area contributed by atoms with Crippen molar-refractivity contribution in [3.63, 3.8) is 0 Å². The van der Waals surface area contributed by atoms with Gasteiger partial charge in [0.15, 0.2) is 5.96 Å². The first kappa shape index (κ1) is 28.8. The van der Waals surface area contributed by atoms with Gasteiger partial charge < -0.3 is 43.0 Å². The molecule has 5 atom stereocenters. The minimum atomic E-state index is -1.11. The first-order valence-electron chi connectivity index (χ1n) is 8.01. The molecule has 0 heterocycles. The van der Waals surface area contributed by atoms with Crippen LogP contribution in [0.5, 0.6) is 0 Å².